The Balaban J connectivity index is 1.74. The second-order valence-corrected chi connectivity index (χ2v) is 7.58. The summed E-state index contributed by atoms with van der Waals surface area (Å²) in [6.07, 6.45) is 0. The number of rotatable bonds is 5. The summed E-state index contributed by atoms with van der Waals surface area (Å²) in [6, 6.07) is 20.8. The first-order valence-electron chi connectivity index (χ1n) is 9.48. The molecule has 0 unspecified atom stereocenters. The van der Waals surface area contributed by atoms with Gasteiger partial charge >= 0.3 is 0 Å². The van der Waals surface area contributed by atoms with Gasteiger partial charge in [-0.15, -0.1) is 0 Å². The van der Waals surface area contributed by atoms with Crippen molar-refractivity contribution in [1.29, 1.82) is 0 Å². The minimum atomic E-state index is -0.476. The highest BCUT2D eigenvalue weighted by Crippen LogP contribution is 2.42. The van der Waals surface area contributed by atoms with Crippen LogP contribution in [0.15, 0.2) is 66.7 Å². The molecule has 1 aliphatic rings. The van der Waals surface area contributed by atoms with Crippen molar-refractivity contribution in [3.05, 3.63) is 93.0 Å². The Morgan fingerprint density at radius 3 is 2.60 bits per heavy atom. The van der Waals surface area contributed by atoms with Crippen molar-refractivity contribution in [2.45, 2.75) is 5.92 Å². The molecular formula is C23H17ClN2O4. The molecule has 150 valence electrons. The second-order valence-electron chi connectivity index (χ2n) is 7.15. The summed E-state index contributed by atoms with van der Waals surface area (Å²) >= 11 is 6.07. The molecule has 0 saturated heterocycles. The summed E-state index contributed by atoms with van der Waals surface area (Å²) < 4.78 is 10.9. The van der Waals surface area contributed by atoms with Crippen LogP contribution in [-0.2, 0) is 0 Å². The first kappa shape index (κ1) is 18.5. The number of para-hydroxylation sites is 1. The molecule has 0 aliphatic carbocycles. The van der Waals surface area contributed by atoms with Crippen molar-refractivity contribution in [1.82, 2.24) is 4.98 Å². The zero-order chi connectivity index (χ0) is 20.7. The van der Waals surface area contributed by atoms with Crippen LogP contribution in [0.25, 0.3) is 22.2 Å². The van der Waals surface area contributed by atoms with E-state index in [4.69, 9.17) is 21.1 Å². The van der Waals surface area contributed by atoms with Gasteiger partial charge < -0.3 is 14.5 Å². The van der Waals surface area contributed by atoms with Gasteiger partial charge in [0.15, 0.2) is 11.5 Å². The number of nitrogens with one attached hydrogen (secondary N) is 1. The Labute approximate surface area is 177 Å². The van der Waals surface area contributed by atoms with Crippen molar-refractivity contribution in [2.75, 3.05) is 13.3 Å². The molecule has 1 aliphatic heterocycles. The van der Waals surface area contributed by atoms with Crippen molar-refractivity contribution in [3.63, 3.8) is 0 Å². The molecule has 2 heterocycles. The van der Waals surface area contributed by atoms with Gasteiger partial charge in [-0.05, 0) is 47.0 Å². The van der Waals surface area contributed by atoms with E-state index in [-0.39, 0.29) is 18.3 Å². The summed E-state index contributed by atoms with van der Waals surface area (Å²) in [5, 5.41) is 13.2. The lowest BCUT2D eigenvalue weighted by atomic mass is 9.87. The number of aromatic amines is 1. The molecular weight excluding hydrogens is 404 g/mol. The maximum atomic E-state index is 11.7. The van der Waals surface area contributed by atoms with Crippen LogP contribution in [-0.4, -0.2) is 23.2 Å². The summed E-state index contributed by atoms with van der Waals surface area (Å²) in [4.78, 5) is 14.8. The van der Waals surface area contributed by atoms with Crippen LogP contribution in [0, 0.1) is 10.1 Å². The van der Waals surface area contributed by atoms with Crippen LogP contribution in [0.4, 0.5) is 0 Å². The number of H-pyrrole nitrogens is 1. The summed E-state index contributed by atoms with van der Waals surface area (Å²) in [6.45, 7) is -0.0934. The molecule has 1 N–H and O–H groups in total. The van der Waals surface area contributed by atoms with E-state index >= 15 is 0 Å². The van der Waals surface area contributed by atoms with Gasteiger partial charge in [-0.2, -0.15) is 0 Å². The minimum Gasteiger partial charge on any atom is -0.454 e. The van der Waals surface area contributed by atoms with E-state index in [1.54, 1.807) is 6.07 Å². The van der Waals surface area contributed by atoms with Crippen LogP contribution >= 0.6 is 11.6 Å². The number of hydrogen-bond donors (Lipinski definition) is 1. The molecule has 1 aromatic heterocycles. The van der Waals surface area contributed by atoms with Crippen molar-refractivity contribution in [2.24, 2.45) is 0 Å². The molecule has 5 rings (SSSR count). The largest absolute Gasteiger partial charge is 0.454 e. The van der Waals surface area contributed by atoms with Gasteiger partial charge in [0, 0.05) is 20.8 Å². The van der Waals surface area contributed by atoms with E-state index in [2.05, 4.69) is 4.98 Å². The zero-order valence-electron chi connectivity index (χ0n) is 15.8. The highest BCUT2D eigenvalue weighted by atomic mass is 35.5. The molecule has 4 aromatic rings. The van der Waals surface area contributed by atoms with E-state index in [9.17, 15) is 10.1 Å². The van der Waals surface area contributed by atoms with Gasteiger partial charge in [0.25, 0.3) is 0 Å². The molecule has 1 atom stereocenters. The molecule has 0 spiro atoms. The highest BCUT2D eigenvalue weighted by Gasteiger charge is 2.29. The van der Waals surface area contributed by atoms with Crippen LogP contribution in [0.1, 0.15) is 17.0 Å². The van der Waals surface area contributed by atoms with Gasteiger partial charge in [0.1, 0.15) is 0 Å². The molecule has 3 aromatic carbocycles. The van der Waals surface area contributed by atoms with Gasteiger partial charge in [0.05, 0.1) is 11.6 Å². The Hall–Kier alpha value is -3.51. The minimum absolute atomic E-state index is 0.155. The lowest BCUT2D eigenvalue weighted by Crippen LogP contribution is -2.14. The maximum absolute atomic E-state index is 11.7. The van der Waals surface area contributed by atoms with Crippen LogP contribution < -0.4 is 9.47 Å². The van der Waals surface area contributed by atoms with E-state index in [0.29, 0.717) is 16.5 Å². The van der Waals surface area contributed by atoms with Gasteiger partial charge in [-0.1, -0.05) is 48.0 Å². The molecule has 0 saturated carbocycles. The number of nitro groups is 1. The molecule has 7 heteroatoms. The molecule has 30 heavy (non-hydrogen) atoms. The monoisotopic (exact) mass is 420 g/mol. The molecule has 0 bridgehead atoms. The topological polar surface area (TPSA) is 77.4 Å². The Morgan fingerprint density at radius 1 is 1.03 bits per heavy atom. The van der Waals surface area contributed by atoms with Crippen molar-refractivity contribution < 1.29 is 14.4 Å². The SMILES string of the molecule is O=[N+]([O-])C[C@H](c1ccc2c(c1)OCO2)c1c(-c2ccc(Cl)cc2)[nH]c2ccccc12. The second kappa shape index (κ2) is 7.39. The lowest BCUT2D eigenvalue weighted by Gasteiger charge is -2.16. The fraction of sp³-hybridized carbons (Fsp3) is 0.130. The van der Waals surface area contributed by atoms with Crippen molar-refractivity contribution in [3.8, 4) is 22.8 Å². The average Bonchev–Trinajstić information content (AvgIpc) is 3.36. The Bertz CT molecular complexity index is 1250. The standard InChI is InChI=1S/C23H17ClN2O4/c24-16-8-5-14(6-9-16)23-22(17-3-1-2-4-19(17)25-23)18(12-26(27)28)15-7-10-20-21(11-15)30-13-29-20/h1-11,18,25H,12-13H2/t18-/m1/s1. The normalized spacial score (nSPS) is 13.5. The molecule has 0 amide bonds. The quantitative estimate of drug-likeness (QED) is 0.335. The maximum Gasteiger partial charge on any atom is 0.231 e. The first-order valence-corrected chi connectivity index (χ1v) is 9.86. The predicted molar refractivity (Wildman–Crippen MR) is 115 cm³/mol. The third kappa shape index (κ3) is 3.25. The number of aromatic nitrogens is 1. The zero-order valence-corrected chi connectivity index (χ0v) is 16.6. The van der Waals surface area contributed by atoms with E-state index in [1.807, 2.05) is 60.7 Å². The Morgan fingerprint density at radius 2 is 1.80 bits per heavy atom. The van der Waals surface area contributed by atoms with Crippen LogP contribution in [0.3, 0.4) is 0 Å². The number of ether oxygens (including phenoxy) is 2. The average molecular weight is 421 g/mol. The fourth-order valence-electron chi connectivity index (χ4n) is 4.01. The highest BCUT2D eigenvalue weighted by molar-refractivity contribution is 6.30. The van der Waals surface area contributed by atoms with Crippen LogP contribution in [0.2, 0.25) is 5.02 Å². The van der Waals surface area contributed by atoms with Crippen LogP contribution in [0.5, 0.6) is 11.5 Å². The number of hydrogen-bond acceptors (Lipinski definition) is 4. The number of nitrogens with zero attached hydrogens (tertiary/aromatic N) is 1. The number of benzene rings is 3. The smallest absolute Gasteiger partial charge is 0.231 e. The van der Waals surface area contributed by atoms with E-state index in [0.717, 1.165) is 33.3 Å². The molecule has 0 fully saturated rings. The Kier molecular flexibility index (Phi) is 4.56. The third-order valence-corrected chi connectivity index (χ3v) is 5.61. The molecule has 0 radical (unpaired) electrons. The predicted octanol–water partition coefficient (Wildman–Crippen LogP) is 5.63. The van der Waals surface area contributed by atoms with Gasteiger partial charge in [-0.3, -0.25) is 10.1 Å². The number of fused-ring (bicyclic) bond motifs is 2. The molecule has 6 nitrogen and oxygen atoms in total. The van der Waals surface area contributed by atoms with E-state index < -0.39 is 5.92 Å². The van der Waals surface area contributed by atoms with Gasteiger partial charge in [0.2, 0.25) is 13.3 Å². The van der Waals surface area contributed by atoms with E-state index in [1.165, 1.54) is 0 Å². The fourth-order valence-corrected chi connectivity index (χ4v) is 4.14. The summed E-state index contributed by atoms with van der Waals surface area (Å²) in [7, 11) is 0. The summed E-state index contributed by atoms with van der Waals surface area (Å²) in [5.74, 6) is 0.778. The summed E-state index contributed by atoms with van der Waals surface area (Å²) in [5.41, 5.74) is 4.36. The first-order chi connectivity index (χ1) is 14.6. The van der Waals surface area contributed by atoms with Gasteiger partial charge in [-0.25, -0.2) is 0 Å². The lowest BCUT2D eigenvalue weighted by molar-refractivity contribution is -0.481. The van der Waals surface area contributed by atoms with Crippen molar-refractivity contribution >= 4 is 22.5 Å². The number of halogens is 1. The third-order valence-electron chi connectivity index (χ3n) is 5.36.